The fourth-order valence-corrected chi connectivity index (χ4v) is 6.28. The van der Waals surface area contributed by atoms with E-state index in [0.29, 0.717) is 6.61 Å². The Hall–Kier alpha value is -1.00. The van der Waals surface area contributed by atoms with Gasteiger partial charge in [0.15, 0.2) is 36.7 Å². The van der Waals surface area contributed by atoms with Gasteiger partial charge < -0.3 is 47.4 Å². The number of esters is 2. The molecule has 0 aromatic carbocycles. The summed E-state index contributed by atoms with van der Waals surface area (Å²) in [5.74, 6) is -3.13. The first kappa shape index (κ1) is 36.8. The van der Waals surface area contributed by atoms with Gasteiger partial charge >= 0.3 is 11.9 Å². The maximum Gasteiger partial charge on any atom is 0.303 e. The molecule has 13 nitrogen and oxygen atoms in total. The van der Waals surface area contributed by atoms with Gasteiger partial charge in [-0.1, -0.05) is 55.6 Å². The molecule has 4 aliphatic rings. The highest BCUT2D eigenvalue weighted by molar-refractivity contribution is 6.76. The van der Waals surface area contributed by atoms with Crippen LogP contribution in [0.2, 0.25) is 0 Å². The van der Waals surface area contributed by atoms with Gasteiger partial charge in [0.25, 0.3) is 3.79 Å². The van der Waals surface area contributed by atoms with Crippen LogP contribution in [0.5, 0.6) is 0 Å². The minimum absolute atomic E-state index is 0.0361. The van der Waals surface area contributed by atoms with Crippen molar-refractivity contribution in [1.82, 2.24) is 0 Å². The predicted molar refractivity (Wildman–Crippen MR) is 160 cm³/mol. The number of fused-ring (bicyclic) bond motifs is 1. The van der Waals surface area contributed by atoms with Crippen molar-refractivity contribution in [3.63, 3.8) is 0 Å². The number of hydrogen-bond acceptors (Lipinski definition) is 13. The minimum atomic E-state index is -2.17. The SMILES string of the molecule is CC(=O)OC1[C@H](O[C@H]2C(C)O[C@@H](OC3C(OC(=N)C(Cl)(Cl)Cl)OC(C)[C@@H]4OC(C)(C)O[C@H]34)[C@@H](OC(C)=O)C2C)OC[C@@H](C)[C@@H]1C. The summed E-state index contributed by atoms with van der Waals surface area (Å²) in [6.07, 6.45) is -9.24. The van der Waals surface area contributed by atoms with Crippen molar-refractivity contribution < 1.29 is 57.0 Å². The summed E-state index contributed by atoms with van der Waals surface area (Å²) in [4.78, 5) is 24.3. The molecule has 16 heteroatoms. The number of alkyl halides is 3. The summed E-state index contributed by atoms with van der Waals surface area (Å²) in [5, 5.41) is 8.16. The van der Waals surface area contributed by atoms with E-state index < -0.39 is 101 Å². The van der Waals surface area contributed by atoms with Crippen LogP contribution in [-0.2, 0) is 57.0 Å². The van der Waals surface area contributed by atoms with Gasteiger partial charge in [-0.05, 0) is 33.6 Å². The molecule has 0 radical (unpaired) electrons. The normalized spacial score (nSPS) is 43.2. The Labute approximate surface area is 278 Å². The Morgan fingerprint density at radius 1 is 0.733 bits per heavy atom. The summed E-state index contributed by atoms with van der Waals surface area (Å²) in [6.45, 7) is 15.9. The van der Waals surface area contributed by atoms with Gasteiger partial charge in [0, 0.05) is 25.7 Å². The van der Waals surface area contributed by atoms with Crippen molar-refractivity contribution >= 4 is 52.6 Å². The molecule has 0 saturated carbocycles. The van der Waals surface area contributed by atoms with Gasteiger partial charge in [0.05, 0.1) is 24.9 Å². The number of rotatable bonds is 7. The number of nitrogens with one attached hydrogen (secondary N) is 1. The average Bonchev–Trinajstić information content (AvgIpc) is 3.24. The van der Waals surface area contributed by atoms with Crippen LogP contribution in [0, 0.1) is 23.2 Å². The van der Waals surface area contributed by atoms with Crippen LogP contribution < -0.4 is 0 Å². The quantitative estimate of drug-likeness (QED) is 0.175. The second kappa shape index (κ2) is 14.2. The van der Waals surface area contributed by atoms with Crippen molar-refractivity contribution in [2.75, 3.05) is 6.61 Å². The molecule has 0 spiro atoms. The lowest BCUT2D eigenvalue weighted by molar-refractivity contribution is -0.358. The molecule has 1 N–H and O–H groups in total. The first-order valence-electron chi connectivity index (χ1n) is 15.0. The van der Waals surface area contributed by atoms with Gasteiger partial charge in [-0.2, -0.15) is 0 Å². The maximum absolute atomic E-state index is 12.3. The third-order valence-electron chi connectivity index (χ3n) is 8.57. The van der Waals surface area contributed by atoms with Crippen molar-refractivity contribution in [3.05, 3.63) is 0 Å². The van der Waals surface area contributed by atoms with Gasteiger partial charge in [0.2, 0.25) is 12.2 Å². The molecule has 14 atom stereocenters. The molecule has 258 valence electrons. The average molecular weight is 705 g/mol. The van der Waals surface area contributed by atoms with E-state index in [1.54, 1.807) is 27.7 Å². The standard InChI is InChI=1S/C29H44Cl3NO12/c1-11-10-36-24(19(12(11)2)39-16(6)34)41-18-13(3)20(40-17(7)35)25(37-14(18)4)42-23-22-21(44-28(8,9)45-22)15(5)38-26(23)43-27(33)29(30,31)32/h11-15,18-26,33H,10H2,1-9H3/t11-,12+,13?,14?,15?,18-,19?,20+,21+,22+,23?,24+,25+,26?/m1/s1. The van der Waals surface area contributed by atoms with Crippen molar-refractivity contribution in [2.45, 2.75) is 140 Å². The molecule has 0 aromatic rings. The molecule has 4 saturated heterocycles. The summed E-state index contributed by atoms with van der Waals surface area (Å²) in [5.41, 5.74) is 0. The molecule has 0 aromatic heterocycles. The van der Waals surface area contributed by atoms with Gasteiger partial charge in [0.1, 0.15) is 12.2 Å². The third-order valence-corrected chi connectivity index (χ3v) is 9.08. The highest BCUT2D eigenvalue weighted by Gasteiger charge is 2.58. The third kappa shape index (κ3) is 8.54. The second-order valence-corrected chi connectivity index (χ2v) is 15.0. The number of carbonyl (C=O) groups excluding carboxylic acids is 2. The van der Waals surface area contributed by atoms with Crippen LogP contribution in [-0.4, -0.2) is 102 Å². The maximum atomic E-state index is 12.3. The van der Waals surface area contributed by atoms with E-state index in [2.05, 4.69) is 0 Å². The first-order valence-corrected chi connectivity index (χ1v) is 16.2. The molecule has 4 aliphatic heterocycles. The predicted octanol–water partition coefficient (Wildman–Crippen LogP) is 4.26. The smallest absolute Gasteiger partial charge is 0.303 e. The molecule has 45 heavy (non-hydrogen) atoms. The number of hydrogen-bond donors (Lipinski definition) is 1. The fourth-order valence-electron chi connectivity index (χ4n) is 6.15. The van der Waals surface area contributed by atoms with Crippen LogP contribution >= 0.6 is 34.8 Å². The Bertz CT molecular complexity index is 1090. The largest absolute Gasteiger partial charge is 0.457 e. The van der Waals surface area contributed by atoms with Crippen LogP contribution in [0.15, 0.2) is 0 Å². The molecular formula is C29H44Cl3NO12. The summed E-state index contributed by atoms with van der Waals surface area (Å²) in [6, 6.07) is 0. The van der Waals surface area contributed by atoms with Crippen LogP contribution in [0.4, 0.5) is 0 Å². The summed E-state index contributed by atoms with van der Waals surface area (Å²) >= 11 is 17.7. The van der Waals surface area contributed by atoms with Gasteiger partial charge in [-0.3, -0.25) is 15.0 Å². The molecule has 0 bridgehead atoms. The lowest BCUT2D eigenvalue weighted by Crippen LogP contribution is -2.63. The van der Waals surface area contributed by atoms with Crippen LogP contribution in [0.3, 0.4) is 0 Å². The molecule has 4 rings (SSSR count). The number of carbonyl (C=O) groups is 2. The summed E-state index contributed by atoms with van der Waals surface area (Å²) < 4.78 is 58.4. The molecular weight excluding hydrogens is 661 g/mol. The highest BCUT2D eigenvalue weighted by atomic mass is 35.6. The zero-order chi connectivity index (χ0) is 33.6. The van der Waals surface area contributed by atoms with Gasteiger partial charge in [-0.15, -0.1) is 0 Å². The zero-order valence-corrected chi connectivity index (χ0v) is 29.1. The Balaban J connectivity index is 1.59. The highest BCUT2D eigenvalue weighted by Crippen LogP contribution is 2.42. The van der Waals surface area contributed by atoms with Crippen molar-refractivity contribution in [3.8, 4) is 0 Å². The molecule has 4 fully saturated rings. The van der Waals surface area contributed by atoms with E-state index >= 15 is 0 Å². The van der Waals surface area contributed by atoms with Gasteiger partial charge in [-0.25, -0.2) is 0 Å². The second-order valence-electron chi connectivity index (χ2n) is 12.7. The van der Waals surface area contributed by atoms with E-state index in [1.807, 2.05) is 20.8 Å². The van der Waals surface area contributed by atoms with E-state index in [1.165, 1.54) is 13.8 Å². The lowest BCUT2D eigenvalue weighted by Gasteiger charge is -2.48. The number of ether oxygens (including phenoxy) is 10. The van der Waals surface area contributed by atoms with Crippen molar-refractivity contribution in [1.29, 1.82) is 5.41 Å². The Kier molecular flexibility index (Phi) is 11.6. The Morgan fingerprint density at radius 3 is 1.84 bits per heavy atom. The fraction of sp³-hybridized carbons (Fsp3) is 0.897. The van der Waals surface area contributed by atoms with Crippen LogP contribution in [0.25, 0.3) is 0 Å². The van der Waals surface area contributed by atoms with E-state index in [0.717, 1.165) is 0 Å². The van der Waals surface area contributed by atoms with Crippen molar-refractivity contribution in [2.24, 2.45) is 17.8 Å². The van der Waals surface area contributed by atoms with E-state index in [-0.39, 0.29) is 11.8 Å². The lowest BCUT2D eigenvalue weighted by atomic mass is 9.87. The van der Waals surface area contributed by atoms with E-state index in [4.69, 9.17) is 87.6 Å². The Morgan fingerprint density at radius 2 is 1.27 bits per heavy atom. The number of halogens is 3. The van der Waals surface area contributed by atoms with E-state index in [9.17, 15) is 9.59 Å². The summed E-state index contributed by atoms with van der Waals surface area (Å²) in [7, 11) is 0. The molecule has 0 aliphatic carbocycles. The molecule has 4 heterocycles. The molecule has 0 amide bonds. The minimum Gasteiger partial charge on any atom is -0.457 e. The zero-order valence-electron chi connectivity index (χ0n) is 26.8. The first-order chi connectivity index (χ1) is 20.8. The molecule has 6 unspecified atom stereocenters. The topological polar surface area (TPSA) is 150 Å². The monoisotopic (exact) mass is 703 g/mol. The van der Waals surface area contributed by atoms with Crippen LogP contribution in [0.1, 0.15) is 62.3 Å².